The smallest absolute Gasteiger partial charge is 0.253 e. The van der Waals surface area contributed by atoms with Crippen LogP contribution in [0.5, 0.6) is 0 Å². The van der Waals surface area contributed by atoms with Crippen molar-refractivity contribution in [3.05, 3.63) is 33.3 Å². The van der Waals surface area contributed by atoms with Gasteiger partial charge in [-0.25, -0.2) is 0 Å². The normalized spacial score (nSPS) is 9.21. The molecule has 0 aromatic heterocycles. The Morgan fingerprint density at radius 1 is 1.64 bits per heavy atom. The largest absolute Gasteiger partial charge is 0.339 e. The summed E-state index contributed by atoms with van der Waals surface area (Å²) >= 11 is 8.92. The van der Waals surface area contributed by atoms with Gasteiger partial charge in [0.05, 0.1) is 11.6 Å². The zero-order chi connectivity index (χ0) is 10.6. The number of carbonyl (C=O) groups is 1. The molecule has 1 aromatic carbocycles. The molecule has 0 fully saturated rings. The molecular formula is C9H6BrClN2O. The average Bonchev–Trinajstić information content (AvgIpc) is 2.14. The lowest BCUT2D eigenvalue weighted by Gasteiger charge is -2.03. The minimum absolute atomic E-state index is 0.00605. The van der Waals surface area contributed by atoms with Crippen LogP contribution < -0.4 is 5.32 Å². The van der Waals surface area contributed by atoms with Crippen LogP contribution in [0.1, 0.15) is 10.4 Å². The number of benzene rings is 1. The predicted molar refractivity (Wildman–Crippen MR) is 57.1 cm³/mol. The zero-order valence-electron chi connectivity index (χ0n) is 7.05. The van der Waals surface area contributed by atoms with Gasteiger partial charge >= 0.3 is 0 Å². The maximum atomic E-state index is 11.4. The van der Waals surface area contributed by atoms with E-state index in [0.29, 0.717) is 15.1 Å². The maximum absolute atomic E-state index is 11.4. The molecule has 0 aliphatic carbocycles. The molecule has 1 rings (SSSR count). The number of nitrogens with one attached hydrogen (secondary N) is 1. The fourth-order valence-electron chi connectivity index (χ4n) is 0.889. The van der Waals surface area contributed by atoms with Crippen molar-refractivity contribution in [1.29, 1.82) is 5.26 Å². The topological polar surface area (TPSA) is 52.9 Å². The standard InChI is InChI=1S/C9H6BrClN2O/c10-8-5-6(11)1-2-7(8)9(14)13-4-3-12/h1-2,5H,4H2,(H,13,14). The van der Waals surface area contributed by atoms with E-state index in [1.54, 1.807) is 18.2 Å². The number of rotatable bonds is 2. The molecule has 0 bridgehead atoms. The molecule has 0 unspecified atom stereocenters. The van der Waals surface area contributed by atoms with Gasteiger partial charge in [0.1, 0.15) is 6.54 Å². The molecule has 5 heteroatoms. The van der Waals surface area contributed by atoms with Crippen LogP contribution in [0.2, 0.25) is 5.02 Å². The van der Waals surface area contributed by atoms with Gasteiger partial charge in [-0.15, -0.1) is 0 Å². The summed E-state index contributed by atoms with van der Waals surface area (Å²) in [6.45, 7) is -0.00605. The fourth-order valence-corrected chi connectivity index (χ4v) is 1.75. The summed E-state index contributed by atoms with van der Waals surface area (Å²) in [5.41, 5.74) is 0.463. The van der Waals surface area contributed by atoms with E-state index in [9.17, 15) is 4.79 Å². The Bertz CT molecular complexity index is 400. The molecule has 0 aliphatic rings. The SMILES string of the molecule is N#CCNC(=O)c1ccc(Cl)cc1Br. The second-order valence-electron chi connectivity index (χ2n) is 2.46. The minimum atomic E-state index is -0.296. The number of hydrogen-bond acceptors (Lipinski definition) is 2. The van der Waals surface area contributed by atoms with Crippen LogP contribution >= 0.6 is 27.5 Å². The molecule has 0 saturated heterocycles. The summed E-state index contributed by atoms with van der Waals surface area (Å²) in [7, 11) is 0. The van der Waals surface area contributed by atoms with Gasteiger partial charge in [-0.2, -0.15) is 5.26 Å². The number of amides is 1. The lowest BCUT2D eigenvalue weighted by Crippen LogP contribution is -2.23. The van der Waals surface area contributed by atoms with Gasteiger partial charge < -0.3 is 5.32 Å². The van der Waals surface area contributed by atoms with Crippen LogP contribution in [0.3, 0.4) is 0 Å². The van der Waals surface area contributed by atoms with Crippen LogP contribution in [0.4, 0.5) is 0 Å². The van der Waals surface area contributed by atoms with Crippen LogP contribution in [-0.2, 0) is 0 Å². The molecule has 0 aliphatic heterocycles. The lowest BCUT2D eigenvalue weighted by molar-refractivity contribution is 0.0958. The van der Waals surface area contributed by atoms with Crippen molar-refractivity contribution in [3.8, 4) is 6.07 Å². The first-order valence-electron chi connectivity index (χ1n) is 3.75. The zero-order valence-corrected chi connectivity index (χ0v) is 9.39. The maximum Gasteiger partial charge on any atom is 0.253 e. The summed E-state index contributed by atoms with van der Waals surface area (Å²) in [6.07, 6.45) is 0. The first-order chi connectivity index (χ1) is 6.65. The highest BCUT2D eigenvalue weighted by atomic mass is 79.9. The first-order valence-corrected chi connectivity index (χ1v) is 4.92. The first kappa shape index (κ1) is 11.0. The molecule has 3 nitrogen and oxygen atoms in total. The highest BCUT2D eigenvalue weighted by Crippen LogP contribution is 2.21. The van der Waals surface area contributed by atoms with E-state index < -0.39 is 0 Å². The molecule has 0 heterocycles. The monoisotopic (exact) mass is 272 g/mol. The van der Waals surface area contributed by atoms with Gasteiger partial charge in [-0.3, -0.25) is 4.79 Å². The van der Waals surface area contributed by atoms with Crippen molar-refractivity contribution in [1.82, 2.24) is 5.32 Å². The highest BCUT2D eigenvalue weighted by molar-refractivity contribution is 9.10. The van der Waals surface area contributed by atoms with Gasteiger partial charge in [0.25, 0.3) is 5.91 Å². The molecule has 1 amide bonds. The second-order valence-corrected chi connectivity index (χ2v) is 3.76. The molecule has 0 spiro atoms. The summed E-state index contributed by atoms with van der Waals surface area (Å²) in [6, 6.07) is 6.67. The number of halogens is 2. The van der Waals surface area contributed by atoms with Crippen molar-refractivity contribution in [2.75, 3.05) is 6.54 Å². The summed E-state index contributed by atoms with van der Waals surface area (Å²) in [4.78, 5) is 11.4. The van der Waals surface area contributed by atoms with Gasteiger partial charge in [0, 0.05) is 9.50 Å². The van der Waals surface area contributed by atoms with Crippen LogP contribution in [0.15, 0.2) is 22.7 Å². The average molecular weight is 274 g/mol. The van der Waals surface area contributed by atoms with E-state index in [-0.39, 0.29) is 12.5 Å². The molecular weight excluding hydrogens is 267 g/mol. The molecule has 0 radical (unpaired) electrons. The van der Waals surface area contributed by atoms with Crippen molar-refractivity contribution in [3.63, 3.8) is 0 Å². The second kappa shape index (κ2) is 4.99. The molecule has 0 atom stereocenters. The number of carbonyl (C=O) groups excluding carboxylic acids is 1. The van der Waals surface area contributed by atoms with Crippen molar-refractivity contribution < 1.29 is 4.79 Å². The predicted octanol–water partition coefficient (Wildman–Crippen LogP) is 2.36. The quantitative estimate of drug-likeness (QED) is 0.841. The van der Waals surface area contributed by atoms with E-state index >= 15 is 0 Å². The van der Waals surface area contributed by atoms with Crippen LogP contribution in [-0.4, -0.2) is 12.5 Å². The summed E-state index contributed by atoms with van der Waals surface area (Å²) in [5, 5.41) is 11.3. The Morgan fingerprint density at radius 2 is 2.36 bits per heavy atom. The molecule has 72 valence electrons. The third-order valence-electron chi connectivity index (χ3n) is 1.50. The van der Waals surface area contributed by atoms with Gasteiger partial charge in [-0.05, 0) is 34.1 Å². The Hall–Kier alpha value is -1.05. The Balaban J connectivity index is 2.86. The minimum Gasteiger partial charge on any atom is -0.339 e. The molecule has 1 aromatic rings. The third-order valence-corrected chi connectivity index (χ3v) is 2.39. The third kappa shape index (κ3) is 2.72. The molecule has 1 N–H and O–H groups in total. The van der Waals surface area contributed by atoms with E-state index in [4.69, 9.17) is 16.9 Å². The van der Waals surface area contributed by atoms with Crippen molar-refractivity contribution >= 4 is 33.4 Å². The Morgan fingerprint density at radius 3 is 2.93 bits per heavy atom. The van der Waals surface area contributed by atoms with E-state index in [2.05, 4.69) is 21.2 Å². The van der Waals surface area contributed by atoms with Crippen molar-refractivity contribution in [2.45, 2.75) is 0 Å². The van der Waals surface area contributed by atoms with E-state index in [1.165, 1.54) is 0 Å². The van der Waals surface area contributed by atoms with Crippen LogP contribution in [0.25, 0.3) is 0 Å². The van der Waals surface area contributed by atoms with Crippen molar-refractivity contribution in [2.24, 2.45) is 0 Å². The van der Waals surface area contributed by atoms with Gasteiger partial charge in [-0.1, -0.05) is 11.6 Å². The summed E-state index contributed by atoms with van der Waals surface area (Å²) in [5.74, 6) is -0.296. The van der Waals surface area contributed by atoms with Crippen LogP contribution in [0, 0.1) is 11.3 Å². The lowest BCUT2D eigenvalue weighted by atomic mass is 10.2. The van der Waals surface area contributed by atoms with Gasteiger partial charge in [0.2, 0.25) is 0 Å². The molecule has 0 saturated carbocycles. The fraction of sp³-hybridized carbons (Fsp3) is 0.111. The van der Waals surface area contributed by atoms with E-state index in [1.807, 2.05) is 6.07 Å². The highest BCUT2D eigenvalue weighted by Gasteiger charge is 2.08. The number of nitrogens with zero attached hydrogens (tertiary/aromatic N) is 1. The van der Waals surface area contributed by atoms with Gasteiger partial charge in [0.15, 0.2) is 0 Å². The Labute approximate surface area is 94.8 Å². The summed E-state index contributed by atoms with van der Waals surface area (Å²) < 4.78 is 0.612. The molecule has 14 heavy (non-hydrogen) atoms. The van der Waals surface area contributed by atoms with E-state index in [0.717, 1.165) is 0 Å². The Kier molecular flexibility index (Phi) is 3.93. The number of nitriles is 1. The number of hydrogen-bond donors (Lipinski definition) is 1.